The maximum absolute atomic E-state index is 13.3. The van der Waals surface area contributed by atoms with Gasteiger partial charge in [0.25, 0.3) is 11.8 Å². The first kappa shape index (κ1) is 21.5. The van der Waals surface area contributed by atoms with E-state index in [2.05, 4.69) is 15.4 Å². The van der Waals surface area contributed by atoms with E-state index in [1.54, 1.807) is 6.20 Å². The number of carbonyl (C=O) groups is 2. The summed E-state index contributed by atoms with van der Waals surface area (Å²) in [5.41, 5.74) is 1.95. The molecule has 32 heavy (non-hydrogen) atoms. The third kappa shape index (κ3) is 3.72. The Morgan fingerprint density at radius 3 is 2.47 bits per heavy atom. The largest absolute Gasteiger partial charge is 0.416 e. The molecule has 1 aliphatic heterocycles. The molecule has 1 N–H and O–H groups in total. The minimum absolute atomic E-state index is 0.0827. The SMILES string of the molecule is Cc1cncc(NC(=O)c2cnn3c2C(=O)N(c2ccc(C(F)(F)F)cc2)C[C@@H]3C)c1C. The summed E-state index contributed by atoms with van der Waals surface area (Å²) in [7, 11) is 0. The lowest BCUT2D eigenvalue weighted by Crippen LogP contribution is -2.43. The maximum Gasteiger partial charge on any atom is 0.416 e. The van der Waals surface area contributed by atoms with Crippen LogP contribution in [-0.4, -0.2) is 33.1 Å². The number of rotatable bonds is 3. The van der Waals surface area contributed by atoms with Crippen LogP contribution in [0, 0.1) is 13.8 Å². The monoisotopic (exact) mass is 443 g/mol. The third-order valence-electron chi connectivity index (χ3n) is 5.57. The second-order valence-corrected chi connectivity index (χ2v) is 7.74. The fourth-order valence-corrected chi connectivity index (χ4v) is 3.63. The van der Waals surface area contributed by atoms with Crippen LogP contribution in [-0.2, 0) is 6.18 Å². The number of nitrogens with zero attached hydrogens (tertiary/aromatic N) is 4. The Labute approximate surface area is 181 Å². The van der Waals surface area contributed by atoms with Gasteiger partial charge in [0, 0.05) is 18.4 Å². The second kappa shape index (κ2) is 7.77. The van der Waals surface area contributed by atoms with Crippen LogP contribution in [0.3, 0.4) is 0 Å². The number of benzene rings is 1. The van der Waals surface area contributed by atoms with Gasteiger partial charge in [-0.15, -0.1) is 0 Å². The van der Waals surface area contributed by atoms with Gasteiger partial charge in [-0.25, -0.2) is 0 Å². The fraction of sp³-hybridized carbons (Fsp3) is 0.273. The molecular weight excluding hydrogens is 423 g/mol. The predicted molar refractivity (Wildman–Crippen MR) is 112 cm³/mol. The Morgan fingerprint density at radius 1 is 1.12 bits per heavy atom. The zero-order valence-electron chi connectivity index (χ0n) is 17.6. The summed E-state index contributed by atoms with van der Waals surface area (Å²) >= 11 is 0. The van der Waals surface area contributed by atoms with Gasteiger partial charge in [-0.1, -0.05) is 0 Å². The van der Waals surface area contributed by atoms with E-state index in [1.165, 1.54) is 34.1 Å². The molecule has 0 radical (unpaired) electrons. The van der Waals surface area contributed by atoms with Gasteiger partial charge in [-0.2, -0.15) is 18.3 Å². The molecule has 0 aliphatic carbocycles. The number of aryl methyl sites for hydroxylation is 1. The summed E-state index contributed by atoms with van der Waals surface area (Å²) < 4.78 is 40.1. The van der Waals surface area contributed by atoms with Crippen LogP contribution >= 0.6 is 0 Å². The van der Waals surface area contributed by atoms with Gasteiger partial charge in [0.2, 0.25) is 0 Å². The zero-order valence-corrected chi connectivity index (χ0v) is 17.6. The highest BCUT2D eigenvalue weighted by Gasteiger charge is 2.36. The Morgan fingerprint density at radius 2 is 1.81 bits per heavy atom. The number of pyridine rings is 1. The van der Waals surface area contributed by atoms with Gasteiger partial charge in [-0.3, -0.25) is 19.3 Å². The number of aromatic nitrogens is 3. The highest BCUT2D eigenvalue weighted by Crippen LogP contribution is 2.33. The van der Waals surface area contributed by atoms with Crippen molar-refractivity contribution in [3.8, 4) is 0 Å². The quantitative estimate of drug-likeness (QED) is 0.651. The molecule has 10 heteroatoms. The first-order chi connectivity index (χ1) is 15.1. The lowest BCUT2D eigenvalue weighted by molar-refractivity contribution is -0.137. The number of anilines is 2. The summed E-state index contributed by atoms with van der Waals surface area (Å²) in [4.78, 5) is 31.7. The fourth-order valence-electron chi connectivity index (χ4n) is 3.63. The van der Waals surface area contributed by atoms with Crippen LogP contribution in [0.5, 0.6) is 0 Å². The van der Waals surface area contributed by atoms with E-state index in [9.17, 15) is 22.8 Å². The molecular formula is C22H20F3N5O2. The van der Waals surface area contributed by atoms with E-state index in [1.807, 2.05) is 20.8 Å². The maximum atomic E-state index is 13.3. The average molecular weight is 443 g/mol. The topological polar surface area (TPSA) is 80.1 Å². The Bertz CT molecular complexity index is 1200. The van der Waals surface area contributed by atoms with Crippen molar-refractivity contribution in [3.63, 3.8) is 0 Å². The van der Waals surface area contributed by atoms with Crippen LogP contribution < -0.4 is 10.2 Å². The molecule has 2 amide bonds. The standard InChI is InChI=1S/C22H20F3N5O2/c1-12-8-26-10-18(14(12)3)28-20(31)17-9-27-30-13(2)11-29(21(32)19(17)30)16-6-4-15(5-7-16)22(23,24)25/h4-10,13H,11H2,1-3H3,(H,28,31)/t13-/m0/s1. The first-order valence-electron chi connectivity index (χ1n) is 9.87. The molecule has 0 bridgehead atoms. The number of fused-ring (bicyclic) bond motifs is 1. The second-order valence-electron chi connectivity index (χ2n) is 7.74. The van der Waals surface area contributed by atoms with E-state index in [0.29, 0.717) is 11.4 Å². The molecule has 1 aliphatic rings. The molecule has 4 rings (SSSR count). The molecule has 7 nitrogen and oxygen atoms in total. The Kier molecular flexibility index (Phi) is 5.23. The summed E-state index contributed by atoms with van der Waals surface area (Å²) in [5, 5.41) is 6.98. The minimum Gasteiger partial charge on any atom is -0.320 e. The number of nitrogens with one attached hydrogen (secondary N) is 1. The molecule has 0 unspecified atom stereocenters. The van der Waals surface area contributed by atoms with E-state index in [0.717, 1.165) is 23.3 Å². The van der Waals surface area contributed by atoms with Crippen LogP contribution in [0.25, 0.3) is 0 Å². The predicted octanol–water partition coefficient (Wildman–Crippen LogP) is 4.39. The average Bonchev–Trinajstić information content (AvgIpc) is 3.20. The lowest BCUT2D eigenvalue weighted by atomic mass is 10.1. The Hall–Kier alpha value is -3.69. The van der Waals surface area contributed by atoms with Gasteiger partial charge >= 0.3 is 6.18 Å². The van der Waals surface area contributed by atoms with Crippen LogP contribution in [0.15, 0.2) is 42.9 Å². The van der Waals surface area contributed by atoms with E-state index < -0.39 is 23.6 Å². The van der Waals surface area contributed by atoms with Crippen molar-refractivity contribution in [1.29, 1.82) is 0 Å². The Balaban J connectivity index is 1.66. The molecule has 0 spiro atoms. The van der Waals surface area contributed by atoms with E-state index >= 15 is 0 Å². The lowest BCUT2D eigenvalue weighted by Gasteiger charge is -2.32. The van der Waals surface area contributed by atoms with Gasteiger partial charge in [0.05, 0.1) is 35.2 Å². The summed E-state index contributed by atoms with van der Waals surface area (Å²) in [6.07, 6.45) is 0.0628. The van der Waals surface area contributed by atoms with E-state index in [-0.39, 0.29) is 23.8 Å². The van der Waals surface area contributed by atoms with Crippen molar-refractivity contribution in [2.75, 3.05) is 16.8 Å². The highest BCUT2D eigenvalue weighted by atomic mass is 19.4. The van der Waals surface area contributed by atoms with Crippen molar-refractivity contribution in [2.24, 2.45) is 0 Å². The number of amides is 2. The zero-order chi connectivity index (χ0) is 23.2. The van der Waals surface area contributed by atoms with Gasteiger partial charge in [0.1, 0.15) is 5.69 Å². The third-order valence-corrected chi connectivity index (χ3v) is 5.57. The molecule has 3 aromatic rings. The number of hydrogen-bond donors (Lipinski definition) is 1. The first-order valence-corrected chi connectivity index (χ1v) is 9.87. The summed E-state index contributed by atoms with van der Waals surface area (Å²) in [6.45, 7) is 5.74. The highest BCUT2D eigenvalue weighted by molar-refractivity contribution is 6.15. The summed E-state index contributed by atoms with van der Waals surface area (Å²) in [5.74, 6) is -1.03. The molecule has 2 aromatic heterocycles. The van der Waals surface area contributed by atoms with Crippen LogP contribution in [0.2, 0.25) is 0 Å². The number of halogens is 3. The molecule has 3 heterocycles. The molecule has 0 saturated carbocycles. The normalized spacial score (nSPS) is 16.1. The molecule has 1 aromatic carbocycles. The van der Waals surface area contributed by atoms with Crippen molar-refractivity contribution in [2.45, 2.75) is 33.0 Å². The van der Waals surface area contributed by atoms with Crippen LogP contribution in [0.4, 0.5) is 24.5 Å². The van der Waals surface area contributed by atoms with Gasteiger partial charge in [-0.05, 0) is 56.2 Å². The van der Waals surface area contributed by atoms with Crippen molar-refractivity contribution < 1.29 is 22.8 Å². The van der Waals surface area contributed by atoms with Crippen molar-refractivity contribution in [3.05, 3.63) is 70.8 Å². The van der Waals surface area contributed by atoms with Gasteiger partial charge < -0.3 is 10.2 Å². The van der Waals surface area contributed by atoms with Crippen LogP contribution in [0.1, 0.15) is 50.5 Å². The summed E-state index contributed by atoms with van der Waals surface area (Å²) in [6, 6.07) is 4.08. The van der Waals surface area contributed by atoms with Gasteiger partial charge in [0.15, 0.2) is 0 Å². The molecule has 166 valence electrons. The smallest absolute Gasteiger partial charge is 0.320 e. The molecule has 0 fully saturated rings. The number of carbonyl (C=O) groups excluding carboxylic acids is 2. The molecule has 0 saturated heterocycles. The number of alkyl halides is 3. The number of hydrogen-bond acceptors (Lipinski definition) is 4. The van der Waals surface area contributed by atoms with Crippen molar-refractivity contribution >= 4 is 23.2 Å². The minimum atomic E-state index is -4.47. The van der Waals surface area contributed by atoms with Crippen molar-refractivity contribution in [1.82, 2.24) is 14.8 Å². The van der Waals surface area contributed by atoms with E-state index in [4.69, 9.17) is 0 Å². The molecule has 1 atom stereocenters.